The van der Waals surface area contributed by atoms with Gasteiger partial charge in [0.2, 0.25) is 0 Å². The molecule has 2 rings (SSSR count). The van der Waals surface area contributed by atoms with Crippen LogP contribution >= 0.6 is 0 Å². The zero-order chi connectivity index (χ0) is 13.7. The quantitative estimate of drug-likeness (QED) is 0.803. The number of likely N-dealkylation sites (tertiary alicyclic amines) is 1. The van der Waals surface area contributed by atoms with Crippen molar-refractivity contribution in [3.63, 3.8) is 0 Å². The normalized spacial score (nSPS) is 18.7. The van der Waals surface area contributed by atoms with Crippen molar-refractivity contribution in [1.29, 1.82) is 0 Å². The molecule has 1 atom stereocenters. The van der Waals surface area contributed by atoms with Crippen LogP contribution in [0, 0.1) is 13.8 Å². The summed E-state index contributed by atoms with van der Waals surface area (Å²) in [6.45, 7) is 11.0. The standard InChI is InChI=1S/C15H27N3O/c1-12(15-13(2)17-19-14(15)3)16-8-7-11-18-9-5-4-6-10-18/h12,16H,4-11H2,1-3H3. The smallest absolute Gasteiger partial charge is 0.138 e. The number of piperidine rings is 1. The molecule has 2 heterocycles. The Bertz CT molecular complexity index is 363. The maximum absolute atomic E-state index is 5.22. The highest BCUT2D eigenvalue weighted by molar-refractivity contribution is 5.24. The highest BCUT2D eigenvalue weighted by Crippen LogP contribution is 2.20. The first-order valence-electron chi connectivity index (χ1n) is 7.57. The van der Waals surface area contributed by atoms with E-state index in [2.05, 4.69) is 22.3 Å². The maximum atomic E-state index is 5.22. The van der Waals surface area contributed by atoms with Crippen LogP contribution in [0.15, 0.2) is 4.52 Å². The molecule has 0 aromatic carbocycles. The van der Waals surface area contributed by atoms with E-state index in [1.165, 1.54) is 50.9 Å². The van der Waals surface area contributed by atoms with Gasteiger partial charge in [0.15, 0.2) is 0 Å². The van der Waals surface area contributed by atoms with Crippen molar-refractivity contribution < 1.29 is 4.52 Å². The van der Waals surface area contributed by atoms with Crippen molar-refractivity contribution in [2.24, 2.45) is 0 Å². The first-order valence-corrected chi connectivity index (χ1v) is 7.57. The van der Waals surface area contributed by atoms with Crippen molar-refractivity contribution in [2.75, 3.05) is 26.2 Å². The number of aromatic nitrogens is 1. The van der Waals surface area contributed by atoms with Gasteiger partial charge in [0.05, 0.1) is 5.69 Å². The molecule has 1 fully saturated rings. The summed E-state index contributed by atoms with van der Waals surface area (Å²) in [6, 6.07) is 0.326. The SMILES string of the molecule is Cc1noc(C)c1C(C)NCCCN1CCCCC1. The molecular weight excluding hydrogens is 238 g/mol. The summed E-state index contributed by atoms with van der Waals surface area (Å²) >= 11 is 0. The molecule has 0 saturated carbocycles. The van der Waals surface area contributed by atoms with Crippen molar-refractivity contribution >= 4 is 0 Å². The molecular formula is C15H27N3O. The van der Waals surface area contributed by atoms with Crippen molar-refractivity contribution in [1.82, 2.24) is 15.4 Å². The predicted molar refractivity (Wildman–Crippen MR) is 77.3 cm³/mol. The Morgan fingerprint density at radius 2 is 2.00 bits per heavy atom. The molecule has 0 bridgehead atoms. The Morgan fingerprint density at radius 1 is 1.26 bits per heavy atom. The molecule has 0 radical (unpaired) electrons. The third kappa shape index (κ3) is 4.05. The van der Waals surface area contributed by atoms with Crippen LogP contribution in [-0.4, -0.2) is 36.2 Å². The Morgan fingerprint density at radius 3 is 2.63 bits per heavy atom. The second-order valence-electron chi connectivity index (χ2n) is 5.67. The lowest BCUT2D eigenvalue weighted by molar-refractivity contribution is 0.225. The van der Waals surface area contributed by atoms with E-state index in [0.717, 1.165) is 18.0 Å². The van der Waals surface area contributed by atoms with Gasteiger partial charge in [-0.3, -0.25) is 0 Å². The molecule has 1 unspecified atom stereocenters. The molecule has 4 heteroatoms. The second-order valence-corrected chi connectivity index (χ2v) is 5.67. The van der Waals surface area contributed by atoms with Crippen LogP contribution in [0.1, 0.15) is 55.7 Å². The minimum Gasteiger partial charge on any atom is -0.361 e. The Hall–Kier alpha value is -0.870. The van der Waals surface area contributed by atoms with Crippen molar-refractivity contribution in [3.05, 3.63) is 17.0 Å². The van der Waals surface area contributed by atoms with Crippen molar-refractivity contribution in [3.8, 4) is 0 Å². The van der Waals surface area contributed by atoms with Crippen molar-refractivity contribution in [2.45, 2.75) is 52.5 Å². The van der Waals surface area contributed by atoms with E-state index in [9.17, 15) is 0 Å². The lowest BCUT2D eigenvalue weighted by atomic mass is 10.1. The highest BCUT2D eigenvalue weighted by atomic mass is 16.5. The third-order valence-electron chi connectivity index (χ3n) is 4.07. The molecule has 1 aliphatic heterocycles. The van der Waals surface area contributed by atoms with Crippen LogP contribution in [0.25, 0.3) is 0 Å². The van der Waals surface area contributed by atoms with Gasteiger partial charge in [-0.25, -0.2) is 0 Å². The minimum atomic E-state index is 0.326. The van der Waals surface area contributed by atoms with E-state index in [1.54, 1.807) is 0 Å². The fourth-order valence-corrected chi connectivity index (χ4v) is 3.01. The van der Waals surface area contributed by atoms with Gasteiger partial charge in [-0.05, 0) is 66.2 Å². The molecule has 1 aromatic heterocycles. The van der Waals surface area contributed by atoms with Gasteiger partial charge in [0.1, 0.15) is 5.76 Å². The molecule has 108 valence electrons. The van der Waals surface area contributed by atoms with Gasteiger partial charge in [0, 0.05) is 11.6 Å². The van der Waals surface area contributed by atoms with E-state index < -0.39 is 0 Å². The van der Waals surface area contributed by atoms with Crippen LogP contribution in [0.5, 0.6) is 0 Å². The first-order chi connectivity index (χ1) is 9.18. The largest absolute Gasteiger partial charge is 0.361 e. The summed E-state index contributed by atoms with van der Waals surface area (Å²) in [4.78, 5) is 2.59. The van der Waals surface area contributed by atoms with Crippen LogP contribution in [-0.2, 0) is 0 Å². The monoisotopic (exact) mass is 265 g/mol. The molecule has 1 aromatic rings. The summed E-state index contributed by atoms with van der Waals surface area (Å²) in [5.74, 6) is 0.938. The zero-order valence-electron chi connectivity index (χ0n) is 12.5. The Labute approximate surface area is 116 Å². The predicted octanol–water partition coefficient (Wildman–Crippen LogP) is 2.82. The third-order valence-corrected chi connectivity index (χ3v) is 4.07. The summed E-state index contributed by atoms with van der Waals surface area (Å²) in [7, 11) is 0. The van der Waals surface area contributed by atoms with Gasteiger partial charge >= 0.3 is 0 Å². The average molecular weight is 265 g/mol. The van der Waals surface area contributed by atoms with Gasteiger partial charge in [0.25, 0.3) is 0 Å². The van der Waals surface area contributed by atoms with Crippen LogP contribution < -0.4 is 5.32 Å². The zero-order valence-corrected chi connectivity index (χ0v) is 12.5. The molecule has 0 amide bonds. The molecule has 19 heavy (non-hydrogen) atoms. The molecule has 1 saturated heterocycles. The van der Waals surface area contributed by atoms with Gasteiger partial charge in [-0.15, -0.1) is 0 Å². The van der Waals surface area contributed by atoms with E-state index in [0.29, 0.717) is 6.04 Å². The average Bonchev–Trinajstić information content (AvgIpc) is 2.75. The lowest BCUT2D eigenvalue weighted by Crippen LogP contribution is -2.32. The number of hydrogen-bond donors (Lipinski definition) is 1. The number of hydrogen-bond acceptors (Lipinski definition) is 4. The molecule has 1 N–H and O–H groups in total. The molecule has 4 nitrogen and oxygen atoms in total. The second kappa shape index (κ2) is 7.06. The maximum Gasteiger partial charge on any atom is 0.138 e. The Kier molecular flexibility index (Phi) is 5.40. The fraction of sp³-hybridized carbons (Fsp3) is 0.800. The Balaban J connectivity index is 1.68. The van der Waals surface area contributed by atoms with E-state index in [1.807, 2.05) is 13.8 Å². The number of rotatable bonds is 6. The lowest BCUT2D eigenvalue weighted by Gasteiger charge is -2.26. The summed E-state index contributed by atoms with van der Waals surface area (Å²) in [6.07, 6.45) is 5.39. The first kappa shape index (κ1) is 14.5. The number of nitrogens with zero attached hydrogens (tertiary/aromatic N) is 2. The van der Waals surface area contributed by atoms with Crippen LogP contribution in [0.3, 0.4) is 0 Å². The van der Waals surface area contributed by atoms with Crippen LogP contribution in [0.4, 0.5) is 0 Å². The molecule has 0 spiro atoms. The van der Waals surface area contributed by atoms with Gasteiger partial charge < -0.3 is 14.7 Å². The molecule has 1 aliphatic rings. The van der Waals surface area contributed by atoms with E-state index in [-0.39, 0.29) is 0 Å². The number of nitrogens with one attached hydrogen (secondary N) is 1. The van der Waals surface area contributed by atoms with Gasteiger partial charge in [-0.2, -0.15) is 0 Å². The summed E-state index contributed by atoms with van der Waals surface area (Å²) in [5.41, 5.74) is 2.23. The number of aryl methyl sites for hydroxylation is 2. The fourth-order valence-electron chi connectivity index (χ4n) is 3.01. The minimum absolute atomic E-state index is 0.326. The van der Waals surface area contributed by atoms with Gasteiger partial charge in [-0.1, -0.05) is 11.6 Å². The highest BCUT2D eigenvalue weighted by Gasteiger charge is 2.15. The molecule has 0 aliphatic carbocycles. The summed E-state index contributed by atoms with van der Waals surface area (Å²) < 4.78 is 5.22. The van der Waals surface area contributed by atoms with E-state index in [4.69, 9.17) is 4.52 Å². The summed E-state index contributed by atoms with van der Waals surface area (Å²) in [5, 5.41) is 7.60. The van der Waals surface area contributed by atoms with Crippen LogP contribution in [0.2, 0.25) is 0 Å². The topological polar surface area (TPSA) is 41.3 Å². The van der Waals surface area contributed by atoms with E-state index >= 15 is 0 Å².